The van der Waals surface area contributed by atoms with Gasteiger partial charge in [-0.05, 0) is 89.9 Å². The van der Waals surface area contributed by atoms with E-state index in [0.29, 0.717) is 12.8 Å². The molecule has 2 heteroatoms. The molecule has 0 bridgehead atoms. The lowest BCUT2D eigenvalue weighted by Crippen LogP contribution is -2.25. The van der Waals surface area contributed by atoms with E-state index < -0.39 is 12.2 Å². The summed E-state index contributed by atoms with van der Waals surface area (Å²) in [5.74, 6) is 0. The Hall–Kier alpha value is -0.860. The van der Waals surface area contributed by atoms with E-state index in [1.165, 1.54) is 103 Å². The molecule has 34 heavy (non-hydrogen) atoms. The number of allylic oxidation sites excluding steroid dienone is 6. The number of rotatable bonds is 26. The molecular weight excluding hydrogens is 416 g/mol. The Kier molecular flexibility index (Phi) is 27.7. The van der Waals surface area contributed by atoms with Gasteiger partial charge in [0, 0.05) is 0 Å². The van der Waals surface area contributed by atoms with Crippen molar-refractivity contribution in [3.63, 3.8) is 0 Å². The average molecular weight is 477 g/mol. The molecule has 0 amide bonds. The Balaban J connectivity index is 3.41. The summed E-state index contributed by atoms with van der Waals surface area (Å²) in [4.78, 5) is 0. The first-order valence-electron chi connectivity index (χ1n) is 15.0. The fourth-order valence-corrected chi connectivity index (χ4v) is 4.24. The molecule has 0 radical (unpaired) electrons. The molecule has 2 unspecified atom stereocenters. The van der Waals surface area contributed by atoms with E-state index in [-0.39, 0.29) is 0 Å². The van der Waals surface area contributed by atoms with Crippen molar-refractivity contribution in [2.24, 2.45) is 0 Å². The number of hydrogen-bond acceptors (Lipinski definition) is 2. The third-order valence-corrected chi connectivity index (χ3v) is 6.63. The molecule has 2 nitrogen and oxygen atoms in total. The minimum absolute atomic E-state index is 0.570. The van der Waals surface area contributed by atoms with Gasteiger partial charge >= 0.3 is 0 Å². The minimum atomic E-state index is -0.571. The van der Waals surface area contributed by atoms with E-state index in [9.17, 15) is 10.2 Å². The molecule has 0 saturated heterocycles. The number of unbranched alkanes of at least 4 members (excludes halogenated alkanes) is 15. The summed E-state index contributed by atoms with van der Waals surface area (Å²) in [7, 11) is 0. The second-order valence-electron chi connectivity index (χ2n) is 10.1. The van der Waals surface area contributed by atoms with Crippen molar-refractivity contribution in [3.8, 4) is 0 Å². The fraction of sp³-hybridized carbons (Fsp3) is 0.812. The SMILES string of the molecule is CCCCCC=CCCCCCCCCC=CCCCC(O)C(O)CCCC=CCCCCC. The van der Waals surface area contributed by atoms with Gasteiger partial charge in [-0.1, -0.05) is 102 Å². The van der Waals surface area contributed by atoms with Crippen LogP contribution < -0.4 is 0 Å². The van der Waals surface area contributed by atoms with Crippen molar-refractivity contribution in [1.29, 1.82) is 0 Å². The largest absolute Gasteiger partial charge is 0.390 e. The van der Waals surface area contributed by atoms with E-state index in [0.717, 1.165) is 25.7 Å². The lowest BCUT2D eigenvalue weighted by atomic mass is 10.0. The van der Waals surface area contributed by atoms with Crippen LogP contribution in [0.1, 0.15) is 155 Å². The third kappa shape index (κ3) is 25.8. The molecule has 0 aromatic rings. The first kappa shape index (κ1) is 33.1. The molecule has 0 fully saturated rings. The van der Waals surface area contributed by atoms with Gasteiger partial charge in [-0.2, -0.15) is 0 Å². The molecule has 0 heterocycles. The molecule has 0 aliphatic rings. The Bertz CT molecular complexity index is 466. The first-order chi connectivity index (χ1) is 16.7. The summed E-state index contributed by atoms with van der Waals surface area (Å²) in [5.41, 5.74) is 0. The lowest BCUT2D eigenvalue weighted by molar-refractivity contribution is 0.00811. The Labute approximate surface area is 214 Å². The van der Waals surface area contributed by atoms with Crippen molar-refractivity contribution in [2.75, 3.05) is 0 Å². The van der Waals surface area contributed by atoms with Crippen molar-refractivity contribution in [1.82, 2.24) is 0 Å². The third-order valence-electron chi connectivity index (χ3n) is 6.63. The summed E-state index contributed by atoms with van der Waals surface area (Å²) in [6, 6.07) is 0. The normalized spacial score (nSPS) is 14.1. The quantitative estimate of drug-likeness (QED) is 0.0962. The summed E-state index contributed by atoms with van der Waals surface area (Å²) in [5, 5.41) is 20.3. The predicted octanol–water partition coefficient (Wildman–Crippen LogP) is 10.00. The maximum absolute atomic E-state index is 10.2. The highest BCUT2D eigenvalue weighted by atomic mass is 16.3. The van der Waals surface area contributed by atoms with Gasteiger partial charge in [-0.25, -0.2) is 0 Å². The van der Waals surface area contributed by atoms with Crippen LogP contribution in [0.15, 0.2) is 36.5 Å². The second-order valence-corrected chi connectivity index (χ2v) is 10.1. The van der Waals surface area contributed by atoms with Gasteiger partial charge in [0.2, 0.25) is 0 Å². The van der Waals surface area contributed by atoms with Crippen molar-refractivity contribution in [2.45, 2.75) is 167 Å². The van der Waals surface area contributed by atoms with Crippen molar-refractivity contribution >= 4 is 0 Å². The van der Waals surface area contributed by atoms with Crippen LogP contribution >= 0.6 is 0 Å². The van der Waals surface area contributed by atoms with Gasteiger partial charge in [0.25, 0.3) is 0 Å². The molecule has 0 aromatic carbocycles. The van der Waals surface area contributed by atoms with Crippen LogP contribution in [0.5, 0.6) is 0 Å². The zero-order valence-corrected chi connectivity index (χ0v) is 23.1. The molecule has 2 atom stereocenters. The van der Waals surface area contributed by atoms with Gasteiger partial charge in [0.15, 0.2) is 0 Å². The summed E-state index contributed by atoms with van der Waals surface area (Å²) in [6.45, 7) is 4.49. The van der Waals surface area contributed by atoms with Crippen LogP contribution in [0.25, 0.3) is 0 Å². The molecule has 0 saturated carbocycles. The second kappa shape index (κ2) is 28.4. The molecule has 200 valence electrons. The molecule has 0 aromatic heterocycles. The summed E-state index contributed by atoms with van der Waals surface area (Å²) < 4.78 is 0. The predicted molar refractivity (Wildman–Crippen MR) is 152 cm³/mol. The Morgan fingerprint density at radius 3 is 0.971 bits per heavy atom. The molecule has 0 rings (SSSR count). The number of aliphatic hydroxyl groups excluding tert-OH is 2. The standard InChI is InChI=1S/C32H60O2/c1-3-5-7-9-11-13-14-15-16-17-18-19-20-21-22-24-26-28-30-32(34)31(33)29-27-25-23-12-10-8-6-4-2/h11-13,22-24,31-34H,3-10,14-21,25-30H2,1-2H3. The first-order valence-corrected chi connectivity index (χ1v) is 15.0. The van der Waals surface area contributed by atoms with Crippen LogP contribution in [-0.4, -0.2) is 22.4 Å². The summed E-state index contributed by atoms with van der Waals surface area (Å²) >= 11 is 0. The van der Waals surface area contributed by atoms with E-state index >= 15 is 0 Å². The maximum Gasteiger partial charge on any atom is 0.0799 e. The van der Waals surface area contributed by atoms with Crippen LogP contribution in [0.2, 0.25) is 0 Å². The van der Waals surface area contributed by atoms with Gasteiger partial charge < -0.3 is 10.2 Å². The van der Waals surface area contributed by atoms with E-state index in [1.807, 2.05) is 0 Å². The van der Waals surface area contributed by atoms with Gasteiger partial charge in [0.05, 0.1) is 12.2 Å². The number of aliphatic hydroxyl groups is 2. The minimum Gasteiger partial charge on any atom is -0.390 e. The van der Waals surface area contributed by atoms with E-state index in [4.69, 9.17) is 0 Å². The van der Waals surface area contributed by atoms with Crippen molar-refractivity contribution in [3.05, 3.63) is 36.5 Å². The van der Waals surface area contributed by atoms with Crippen LogP contribution in [-0.2, 0) is 0 Å². The highest BCUT2D eigenvalue weighted by molar-refractivity contribution is 4.84. The molecule has 0 spiro atoms. The smallest absolute Gasteiger partial charge is 0.0799 e. The number of hydrogen-bond donors (Lipinski definition) is 2. The zero-order valence-electron chi connectivity index (χ0n) is 23.1. The van der Waals surface area contributed by atoms with Gasteiger partial charge in [-0.3, -0.25) is 0 Å². The van der Waals surface area contributed by atoms with E-state index in [1.54, 1.807) is 0 Å². The average Bonchev–Trinajstić information content (AvgIpc) is 2.84. The van der Waals surface area contributed by atoms with Gasteiger partial charge in [0.1, 0.15) is 0 Å². The lowest BCUT2D eigenvalue weighted by Gasteiger charge is -2.17. The highest BCUT2D eigenvalue weighted by Crippen LogP contribution is 2.13. The Morgan fingerprint density at radius 2 is 0.647 bits per heavy atom. The van der Waals surface area contributed by atoms with Crippen LogP contribution in [0.4, 0.5) is 0 Å². The molecule has 2 N–H and O–H groups in total. The summed E-state index contributed by atoms with van der Waals surface area (Å²) in [6.07, 6.45) is 38.9. The van der Waals surface area contributed by atoms with Gasteiger partial charge in [-0.15, -0.1) is 0 Å². The fourth-order valence-electron chi connectivity index (χ4n) is 4.24. The molecule has 0 aliphatic heterocycles. The topological polar surface area (TPSA) is 40.5 Å². The zero-order chi connectivity index (χ0) is 25.0. The monoisotopic (exact) mass is 476 g/mol. The highest BCUT2D eigenvalue weighted by Gasteiger charge is 2.14. The van der Waals surface area contributed by atoms with Crippen molar-refractivity contribution < 1.29 is 10.2 Å². The maximum atomic E-state index is 10.2. The molecular formula is C32H60O2. The molecule has 0 aliphatic carbocycles. The van der Waals surface area contributed by atoms with E-state index in [2.05, 4.69) is 50.3 Å². The van der Waals surface area contributed by atoms with Crippen LogP contribution in [0, 0.1) is 0 Å². The van der Waals surface area contributed by atoms with Crippen LogP contribution in [0.3, 0.4) is 0 Å². The Morgan fingerprint density at radius 1 is 0.382 bits per heavy atom.